The normalized spacial score (nSPS) is 11.7. The van der Waals surface area contributed by atoms with Gasteiger partial charge in [0.05, 0.1) is 6.04 Å². The number of rotatable bonds is 5. The van der Waals surface area contributed by atoms with E-state index in [1.807, 2.05) is 36.4 Å². The van der Waals surface area contributed by atoms with E-state index in [-0.39, 0.29) is 6.61 Å². The van der Waals surface area contributed by atoms with E-state index in [0.29, 0.717) is 5.56 Å². The lowest BCUT2D eigenvalue weighted by atomic mass is 10.1. The van der Waals surface area contributed by atoms with Crippen LogP contribution in [0.3, 0.4) is 0 Å². The monoisotopic (exact) mass is 351 g/mol. The van der Waals surface area contributed by atoms with Crippen LogP contribution in [0.2, 0.25) is 0 Å². The number of hydrogen-bond acceptors (Lipinski definition) is 2. The summed E-state index contributed by atoms with van der Waals surface area (Å²) in [7, 11) is 0. The van der Waals surface area contributed by atoms with Gasteiger partial charge in [-0.2, -0.15) is 0 Å². The first-order valence-corrected chi connectivity index (χ1v) is 7.27. The lowest BCUT2D eigenvalue weighted by molar-refractivity contribution is 0.133. The van der Waals surface area contributed by atoms with Crippen molar-refractivity contribution in [2.75, 3.05) is 6.67 Å². The molecule has 21 heavy (non-hydrogen) atoms. The van der Waals surface area contributed by atoms with Crippen LogP contribution in [0.25, 0.3) is 0 Å². The van der Waals surface area contributed by atoms with Crippen molar-refractivity contribution in [2.24, 2.45) is 0 Å². The largest absolute Gasteiger partial charge is 0.445 e. The molecule has 0 aromatic heterocycles. The third kappa shape index (κ3) is 4.86. The van der Waals surface area contributed by atoms with Gasteiger partial charge in [0.1, 0.15) is 13.3 Å². The number of alkyl carbamates (subject to hydrolysis) is 1. The minimum absolute atomic E-state index is 0.157. The highest BCUT2D eigenvalue weighted by molar-refractivity contribution is 9.10. The molecule has 0 aliphatic carbocycles. The molecule has 0 saturated heterocycles. The number of alkyl halides is 1. The molecule has 1 amide bonds. The van der Waals surface area contributed by atoms with E-state index in [2.05, 4.69) is 21.2 Å². The molecule has 0 heterocycles. The quantitative estimate of drug-likeness (QED) is 0.867. The maximum absolute atomic E-state index is 13.1. The number of carbonyl (C=O) groups excluding carboxylic acids is 1. The fourth-order valence-corrected chi connectivity index (χ4v) is 2.26. The molecule has 2 aromatic rings. The second-order valence-electron chi connectivity index (χ2n) is 4.47. The van der Waals surface area contributed by atoms with Gasteiger partial charge in [-0.1, -0.05) is 58.4 Å². The van der Waals surface area contributed by atoms with Crippen LogP contribution in [0.4, 0.5) is 9.18 Å². The first kappa shape index (κ1) is 15.5. The van der Waals surface area contributed by atoms with Gasteiger partial charge < -0.3 is 10.1 Å². The highest BCUT2D eigenvalue weighted by Gasteiger charge is 2.15. The summed E-state index contributed by atoms with van der Waals surface area (Å²) in [5.41, 5.74) is 1.57. The van der Waals surface area contributed by atoms with Gasteiger partial charge in [-0.3, -0.25) is 0 Å². The van der Waals surface area contributed by atoms with E-state index < -0.39 is 18.8 Å². The molecule has 0 fully saturated rings. The molecular formula is C16H15BrFNO2. The van der Waals surface area contributed by atoms with E-state index >= 15 is 0 Å². The van der Waals surface area contributed by atoms with Crippen LogP contribution in [0, 0.1) is 0 Å². The molecule has 1 N–H and O–H groups in total. The first-order valence-electron chi connectivity index (χ1n) is 6.47. The molecule has 1 unspecified atom stereocenters. The van der Waals surface area contributed by atoms with Crippen molar-refractivity contribution < 1.29 is 13.9 Å². The molecule has 0 saturated carbocycles. The van der Waals surface area contributed by atoms with Crippen LogP contribution in [-0.2, 0) is 11.3 Å². The molecule has 0 aliphatic rings. The summed E-state index contributed by atoms with van der Waals surface area (Å²) >= 11 is 3.32. The number of carbonyl (C=O) groups is 1. The maximum atomic E-state index is 13.1. The minimum Gasteiger partial charge on any atom is -0.445 e. The van der Waals surface area contributed by atoms with Gasteiger partial charge in [0.25, 0.3) is 0 Å². The summed E-state index contributed by atoms with van der Waals surface area (Å²) in [6.07, 6.45) is -0.638. The second kappa shape index (κ2) is 7.78. The van der Waals surface area contributed by atoms with Gasteiger partial charge in [0, 0.05) is 4.47 Å². The molecular weight excluding hydrogens is 337 g/mol. The van der Waals surface area contributed by atoms with Gasteiger partial charge in [-0.25, -0.2) is 9.18 Å². The highest BCUT2D eigenvalue weighted by atomic mass is 79.9. The standard InChI is InChI=1S/C16H15BrFNO2/c17-14-8-4-7-13(9-14)15(10-18)19-16(20)21-11-12-5-2-1-3-6-12/h1-9,15H,10-11H2,(H,19,20). The van der Waals surface area contributed by atoms with Gasteiger partial charge in [-0.05, 0) is 23.3 Å². The summed E-state index contributed by atoms with van der Waals surface area (Å²) in [5.74, 6) is 0. The lowest BCUT2D eigenvalue weighted by Crippen LogP contribution is -2.30. The van der Waals surface area contributed by atoms with Crippen LogP contribution < -0.4 is 5.32 Å². The first-order chi connectivity index (χ1) is 10.2. The Bertz CT molecular complexity index is 592. The number of hydrogen-bond donors (Lipinski definition) is 1. The van der Waals surface area contributed by atoms with Crippen molar-refractivity contribution in [1.29, 1.82) is 0 Å². The third-order valence-corrected chi connectivity index (χ3v) is 3.40. The van der Waals surface area contributed by atoms with Crippen molar-refractivity contribution in [3.63, 3.8) is 0 Å². The zero-order chi connectivity index (χ0) is 15.1. The highest BCUT2D eigenvalue weighted by Crippen LogP contribution is 2.19. The predicted molar refractivity (Wildman–Crippen MR) is 82.6 cm³/mol. The van der Waals surface area contributed by atoms with Crippen molar-refractivity contribution in [3.8, 4) is 0 Å². The average molecular weight is 352 g/mol. The van der Waals surface area contributed by atoms with E-state index in [0.717, 1.165) is 10.0 Å². The molecule has 2 rings (SSSR count). The van der Waals surface area contributed by atoms with Gasteiger partial charge in [0.15, 0.2) is 0 Å². The van der Waals surface area contributed by atoms with Gasteiger partial charge in [0.2, 0.25) is 0 Å². The Hall–Kier alpha value is -1.88. The molecule has 5 heteroatoms. The van der Waals surface area contributed by atoms with Crippen LogP contribution in [-0.4, -0.2) is 12.8 Å². The molecule has 2 aromatic carbocycles. The minimum atomic E-state index is -0.717. The predicted octanol–water partition coefficient (Wildman–Crippen LogP) is 4.39. The number of nitrogens with one attached hydrogen (secondary N) is 1. The van der Waals surface area contributed by atoms with Gasteiger partial charge in [-0.15, -0.1) is 0 Å². The molecule has 0 aliphatic heterocycles. The molecule has 0 radical (unpaired) electrons. The number of amides is 1. The average Bonchev–Trinajstić information content (AvgIpc) is 2.51. The third-order valence-electron chi connectivity index (χ3n) is 2.91. The Morgan fingerprint density at radius 1 is 1.19 bits per heavy atom. The van der Waals surface area contributed by atoms with Crippen LogP contribution in [0.15, 0.2) is 59.1 Å². The van der Waals surface area contributed by atoms with Crippen molar-refractivity contribution in [3.05, 3.63) is 70.2 Å². The van der Waals surface area contributed by atoms with Crippen LogP contribution >= 0.6 is 15.9 Å². The topological polar surface area (TPSA) is 38.3 Å². The fraction of sp³-hybridized carbons (Fsp3) is 0.188. The Morgan fingerprint density at radius 2 is 1.95 bits per heavy atom. The Kier molecular flexibility index (Phi) is 5.75. The molecule has 110 valence electrons. The molecule has 3 nitrogen and oxygen atoms in total. The van der Waals surface area contributed by atoms with E-state index in [1.54, 1.807) is 18.2 Å². The van der Waals surface area contributed by atoms with E-state index in [4.69, 9.17) is 4.74 Å². The Labute approximate surface area is 131 Å². The summed E-state index contributed by atoms with van der Waals surface area (Å²) < 4.78 is 19.0. The number of benzene rings is 2. The summed E-state index contributed by atoms with van der Waals surface area (Å²) in [6, 6.07) is 15.8. The van der Waals surface area contributed by atoms with Crippen molar-refractivity contribution in [1.82, 2.24) is 5.32 Å². The summed E-state index contributed by atoms with van der Waals surface area (Å²) in [5, 5.41) is 2.52. The summed E-state index contributed by atoms with van der Waals surface area (Å²) in [4.78, 5) is 11.7. The Morgan fingerprint density at radius 3 is 2.62 bits per heavy atom. The second-order valence-corrected chi connectivity index (χ2v) is 5.38. The molecule has 0 spiro atoms. The molecule has 1 atom stereocenters. The Balaban J connectivity index is 1.91. The van der Waals surface area contributed by atoms with Crippen LogP contribution in [0.1, 0.15) is 17.2 Å². The van der Waals surface area contributed by atoms with Crippen molar-refractivity contribution in [2.45, 2.75) is 12.6 Å². The van der Waals surface area contributed by atoms with Crippen molar-refractivity contribution >= 4 is 22.0 Å². The van der Waals surface area contributed by atoms with E-state index in [9.17, 15) is 9.18 Å². The summed E-state index contributed by atoms with van der Waals surface area (Å²) in [6.45, 7) is -0.541. The number of ether oxygens (including phenoxy) is 1. The van der Waals surface area contributed by atoms with Crippen LogP contribution in [0.5, 0.6) is 0 Å². The number of halogens is 2. The maximum Gasteiger partial charge on any atom is 0.408 e. The van der Waals surface area contributed by atoms with E-state index in [1.165, 1.54) is 0 Å². The zero-order valence-corrected chi connectivity index (χ0v) is 12.8. The fourth-order valence-electron chi connectivity index (χ4n) is 1.84. The lowest BCUT2D eigenvalue weighted by Gasteiger charge is -2.16. The molecule has 0 bridgehead atoms. The smallest absolute Gasteiger partial charge is 0.408 e. The zero-order valence-electron chi connectivity index (χ0n) is 11.3. The van der Waals surface area contributed by atoms with Gasteiger partial charge >= 0.3 is 6.09 Å². The SMILES string of the molecule is O=C(NC(CF)c1cccc(Br)c1)OCc1ccccc1.